The summed E-state index contributed by atoms with van der Waals surface area (Å²) in [6.45, 7) is 6.18. The molecule has 0 spiro atoms. The van der Waals surface area contributed by atoms with Crippen LogP contribution >= 0.6 is 0 Å². The van der Waals surface area contributed by atoms with Crippen molar-refractivity contribution in [2.24, 2.45) is 5.92 Å². The summed E-state index contributed by atoms with van der Waals surface area (Å²) in [7, 11) is 0. The van der Waals surface area contributed by atoms with Gasteiger partial charge in [-0.25, -0.2) is 14.4 Å². The molecular weight excluding hydrogens is 385 g/mol. The molecule has 8 nitrogen and oxygen atoms in total. The van der Waals surface area contributed by atoms with Gasteiger partial charge in [-0.15, -0.1) is 0 Å². The fourth-order valence-corrected chi connectivity index (χ4v) is 4.23. The fourth-order valence-electron chi connectivity index (χ4n) is 4.23. The Bertz CT molecular complexity index is 1100. The summed E-state index contributed by atoms with van der Waals surface area (Å²) in [5.41, 5.74) is 2.75. The summed E-state index contributed by atoms with van der Waals surface area (Å²) in [6.07, 6.45) is 5.87. The van der Waals surface area contributed by atoms with Crippen molar-refractivity contribution >= 4 is 11.9 Å². The Morgan fingerprint density at radius 1 is 1.17 bits per heavy atom. The largest absolute Gasteiger partial charge is 0.339 e. The number of fused-ring (bicyclic) bond motifs is 1. The number of rotatable bonds is 3. The number of aryl methyl sites for hydroxylation is 2. The van der Waals surface area contributed by atoms with Gasteiger partial charge in [0.05, 0.1) is 29.7 Å². The third-order valence-corrected chi connectivity index (χ3v) is 6.13. The maximum absolute atomic E-state index is 14.0. The second kappa shape index (κ2) is 7.16. The van der Waals surface area contributed by atoms with Crippen LogP contribution in [-0.4, -0.2) is 61.4 Å². The van der Waals surface area contributed by atoms with E-state index in [1.807, 2.05) is 24.9 Å². The molecule has 4 heterocycles. The maximum atomic E-state index is 14.0. The van der Waals surface area contributed by atoms with E-state index in [1.165, 1.54) is 35.4 Å². The van der Waals surface area contributed by atoms with Crippen LogP contribution in [0.3, 0.4) is 0 Å². The van der Waals surface area contributed by atoms with Gasteiger partial charge in [0.2, 0.25) is 5.95 Å². The minimum atomic E-state index is -0.458. The Morgan fingerprint density at radius 3 is 2.73 bits per heavy atom. The number of carbonyl (C=O) groups is 1. The number of carbonyl (C=O) groups excluding carboxylic acids is 1. The van der Waals surface area contributed by atoms with E-state index in [1.54, 1.807) is 0 Å². The molecule has 1 aromatic carbocycles. The number of aromatic nitrogens is 5. The van der Waals surface area contributed by atoms with Gasteiger partial charge < -0.3 is 9.80 Å². The summed E-state index contributed by atoms with van der Waals surface area (Å²) in [5, 5.41) is 8.20. The number of anilines is 1. The third kappa shape index (κ3) is 3.10. The van der Waals surface area contributed by atoms with Gasteiger partial charge in [0, 0.05) is 37.4 Å². The van der Waals surface area contributed by atoms with Crippen molar-refractivity contribution in [1.82, 2.24) is 29.9 Å². The van der Waals surface area contributed by atoms with Crippen LogP contribution < -0.4 is 4.90 Å². The molecule has 2 aliphatic heterocycles. The molecule has 30 heavy (non-hydrogen) atoms. The number of benzene rings is 1. The molecule has 2 aromatic heterocycles. The van der Waals surface area contributed by atoms with E-state index in [9.17, 15) is 9.18 Å². The van der Waals surface area contributed by atoms with Crippen molar-refractivity contribution in [2.75, 3.05) is 24.5 Å². The van der Waals surface area contributed by atoms with Crippen molar-refractivity contribution in [2.45, 2.75) is 26.3 Å². The zero-order chi connectivity index (χ0) is 20.8. The SMILES string of the molecule is Cc1cnc(N2CC[C@@H]3CN(C(=O)c4cc(F)ccc4-n4nccn4)[C@@H]3C2)nc1C. The first-order chi connectivity index (χ1) is 14.5. The van der Waals surface area contributed by atoms with Gasteiger partial charge in [0.15, 0.2) is 0 Å². The van der Waals surface area contributed by atoms with Gasteiger partial charge in [-0.2, -0.15) is 15.0 Å². The molecule has 3 aromatic rings. The molecule has 154 valence electrons. The second-order valence-electron chi connectivity index (χ2n) is 7.94. The van der Waals surface area contributed by atoms with E-state index in [-0.39, 0.29) is 17.5 Å². The number of hydrogen-bond donors (Lipinski definition) is 0. The highest BCUT2D eigenvalue weighted by Gasteiger charge is 2.46. The lowest BCUT2D eigenvalue weighted by Gasteiger charge is -2.53. The smallest absolute Gasteiger partial charge is 0.256 e. The second-order valence-corrected chi connectivity index (χ2v) is 7.94. The van der Waals surface area contributed by atoms with Gasteiger partial charge in [0.1, 0.15) is 5.82 Å². The predicted octanol–water partition coefficient (Wildman–Crippen LogP) is 2.16. The van der Waals surface area contributed by atoms with E-state index in [4.69, 9.17) is 0 Å². The Hall–Kier alpha value is -3.36. The zero-order valence-corrected chi connectivity index (χ0v) is 16.9. The third-order valence-electron chi connectivity index (χ3n) is 6.13. The molecule has 0 unspecified atom stereocenters. The van der Waals surface area contributed by atoms with Crippen molar-refractivity contribution in [3.63, 3.8) is 0 Å². The van der Waals surface area contributed by atoms with Crippen molar-refractivity contribution in [3.05, 3.63) is 59.4 Å². The van der Waals surface area contributed by atoms with Crippen LogP contribution in [0, 0.1) is 25.6 Å². The fraction of sp³-hybridized carbons (Fsp3) is 0.381. The number of piperidine rings is 1. The van der Waals surface area contributed by atoms with Crippen LogP contribution in [0.5, 0.6) is 0 Å². The van der Waals surface area contributed by atoms with Crippen molar-refractivity contribution in [3.8, 4) is 5.69 Å². The summed E-state index contributed by atoms with van der Waals surface area (Å²) in [5.74, 6) is 0.477. The highest BCUT2D eigenvalue weighted by molar-refractivity contribution is 5.98. The van der Waals surface area contributed by atoms with Gasteiger partial charge in [-0.3, -0.25) is 4.79 Å². The summed E-state index contributed by atoms with van der Waals surface area (Å²) in [4.78, 5) is 27.7. The molecule has 9 heteroatoms. The van der Waals surface area contributed by atoms with Crippen LogP contribution in [-0.2, 0) is 0 Å². The number of nitrogens with zero attached hydrogens (tertiary/aromatic N) is 7. The van der Waals surface area contributed by atoms with E-state index in [0.29, 0.717) is 30.6 Å². The lowest BCUT2D eigenvalue weighted by Crippen LogP contribution is -2.66. The van der Waals surface area contributed by atoms with Crippen LogP contribution in [0.1, 0.15) is 28.0 Å². The van der Waals surface area contributed by atoms with Crippen molar-refractivity contribution in [1.29, 1.82) is 0 Å². The lowest BCUT2D eigenvalue weighted by atomic mass is 9.81. The molecule has 0 saturated carbocycles. The molecule has 2 saturated heterocycles. The molecule has 0 aliphatic carbocycles. The summed E-state index contributed by atoms with van der Waals surface area (Å²) < 4.78 is 14.0. The van der Waals surface area contributed by atoms with E-state index < -0.39 is 5.82 Å². The Labute approximate surface area is 173 Å². The average Bonchev–Trinajstić information content (AvgIpc) is 3.25. The summed E-state index contributed by atoms with van der Waals surface area (Å²) >= 11 is 0. The van der Waals surface area contributed by atoms with E-state index in [0.717, 1.165) is 24.2 Å². The predicted molar refractivity (Wildman–Crippen MR) is 108 cm³/mol. The number of amides is 1. The first-order valence-corrected chi connectivity index (χ1v) is 10.0. The normalized spacial score (nSPS) is 20.6. The molecule has 5 rings (SSSR count). The number of halogens is 1. The lowest BCUT2D eigenvalue weighted by molar-refractivity contribution is 0.00762. The van der Waals surface area contributed by atoms with Crippen LogP contribution in [0.4, 0.5) is 10.3 Å². The van der Waals surface area contributed by atoms with Gasteiger partial charge in [-0.1, -0.05) is 0 Å². The van der Waals surface area contributed by atoms with E-state index in [2.05, 4.69) is 25.1 Å². The Balaban J connectivity index is 1.39. The quantitative estimate of drug-likeness (QED) is 0.662. The molecule has 0 radical (unpaired) electrons. The minimum Gasteiger partial charge on any atom is -0.339 e. The minimum absolute atomic E-state index is 0.0538. The molecular formula is C21H22FN7O. The first-order valence-electron chi connectivity index (χ1n) is 10.0. The first kappa shape index (κ1) is 18.7. The molecule has 2 atom stereocenters. The topological polar surface area (TPSA) is 80.0 Å². The molecule has 1 amide bonds. The highest BCUT2D eigenvalue weighted by Crippen LogP contribution is 2.35. The van der Waals surface area contributed by atoms with Crippen LogP contribution in [0.2, 0.25) is 0 Å². The Morgan fingerprint density at radius 2 is 1.97 bits per heavy atom. The van der Waals surface area contributed by atoms with Gasteiger partial charge in [-0.05, 0) is 44.0 Å². The van der Waals surface area contributed by atoms with Gasteiger partial charge >= 0.3 is 0 Å². The molecule has 0 bridgehead atoms. The van der Waals surface area contributed by atoms with Crippen LogP contribution in [0.25, 0.3) is 5.69 Å². The monoisotopic (exact) mass is 407 g/mol. The highest BCUT2D eigenvalue weighted by atomic mass is 19.1. The number of hydrogen-bond acceptors (Lipinski definition) is 6. The number of likely N-dealkylation sites (tertiary alicyclic amines) is 1. The van der Waals surface area contributed by atoms with E-state index >= 15 is 0 Å². The maximum Gasteiger partial charge on any atom is 0.256 e. The zero-order valence-electron chi connectivity index (χ0n) is 16.9. The summed E-state index contributed by atoms with van der Waals surface area (Å²) in [6, 6.07) is 4.17. The van der Waals surface area contributed by atoms with Crippen molar-refractivity contribution < 1.29 is 9.18 Å². The van der Waals surface area contributed by atoms with Gasteiger partial charge in [0.25, 0.3) is 5.91 Å². The standard InChI is InChI=1S/C21H22FN7O/c1-13-10-23-21(26-14(13)2)27-8-5-15-11-28(19(15)12-27)20(30)17-9-16(22)3-4-18(17)29-24-6-7-25-29/h3-4,6-7,9-10,15,19H,5,8,11-12H2,1-2H3/t15-,19-/m1/s1. The molecule has 2 fully saturated rings. The molecule has 0 N–H and O–H groups in total. The van der Waals surface area contributed by atoms with Crippen LogP contribution in [0.15, 0.2) is 36.8 Å². The Kier molecular flexibility index (Phi) is 4.45. The average molecular weight is 407 g/mol. The molecule has 2 aliphatic rings.